The number of halogens is 1. The topological polar surface area (TPSA) is 105 Å². The van der Waals surface area contributed by atoms with Gasteiger partial charge in [-0.05, 0) is 75.2 Å². The Hall–Kier alpha value is -4.90. The van der Waals surface area contributed by atoms with Crippen LogP contribution in [0.3, 0.4) is 0 Å². The fourth-order valence-corrected chi connectivity index (χ4v) is 6.57. The number of rotatable bonds is 13. The molecule has 0 aliphatic carbocycles. The molecule has 0 unspecified atom stereocenters. The van der Waals surface area contributed by atoms with E-state index in [0.717, 1.165) is 33.1 Å². The van der Waals surface area contributed by atoms with Gasteiger partial charge in [0.25, 0.3) is 10.0 Å². The zero-order chi connectivity index (χ0) is 35.1. The first kappa shape index (κ1) is 35.9. The second-order valence-electron chi connectivity index (χ2n) is 12.5. The molecule has 4 aromatic rings. The van der Waals surface area contributed by atoms with Crippen LogP contribution in [0.25, 0.3) is 0 Å². The maximum atomic E-state index is 14.6. The first-order valence-electron chi connectivity index (χ1n) is 15.4. The maximum absolute atomic E-state index is 14.6. The molecule has 48 heavy (non-hydrogen) atoms. The van der Waals surface area contributed by atoms with E-state index < -0.39 is 39.9 Å². The van der Waals surface area contributed by atoms with Gasteiger partial charge in [0.05, 0.1) is 24.8 Å². The number of carbonyl (C=O) groups excluding carboxylic acids is 2. The summed E-state index contributed by atoms with van der Waals surface area (Å²) in [6, 6.07) is 24.8. The summed E-state index contributed by atoms with van der Waals surface area (Å²) < 4.78 is 54.2. The van der Waals surface area contributed by atoms with E-state index in [4.69, 9.17) is 9.47 Å². The largest absolute Gasteiger partial charge is 0.493 e. The summed E-state index contributed by atoms with van der Waals surface area (Å²) >= 11 is 0. The van der Waals surface area contributed by atoms with Gasteiger partial charge in [-0.3, -0.25) is 13.9 Å². The molecule has 0 radical (unpaired) electrons. The Labute approximate surface area is 282 Å². The van der Waals surface area contributed by atoms with Crippen LogP contribution in [-0.2, 0) is 32.6 Å². The van der Waals surface area contributed by atoms with Gasteiger partial charge in [-0.1, -0.05) is 60.2 Å². The Bertz CT molecular complexity index is 1810. The van der Waals surface area contributed by atoms with Crippen molar-refractivity contribution in [3.8, 4) is 11.5 Å². The summed E-state index contributed by atoms with van der Waals surface area (Å²) in [7, 11) is -1.62. The molecular weight excluding hydrogens is 633 g/mol. The van der Waals surface area contributed by atoms with E-state index in [1.165, 1.54) is 49.5 Å². The summed E-state index contributed by atoms with van der Waals surface area (Å²) in [4.78, 5) is 29.8. The first-order valence-corrected chi connectivity index (χ1v) is 16.9. The molecule has 11 heteroatoms. The third-order valence-corrected chi connectivity index (χ3v) is 9.35. The molecule has 0 aromatic heterocycles. The third kappa shape index (κ3) is 9.13. The lowest BCUT2D eigenvalue weighted by molar-refractivity contribution is -0.140. The summed E-state index contributed by atoms with van der Waals surface area (Å²) in [5.41, 5.74) is 2.05. The molecule has 0 spiro atoms. The average Bonchev–Trinajstić information content (AvgIpc) is 3.05. The highest BCUT2D eigenvalue weighted by Crippen LogP contribution is 2.32. The van der Waals surface area contributed by atoms with Crippen LogP contribution in [0.5, 0.6) is 11.5 Å². The molecule has 4 aromatic carbocycles. The quantitative estimate of drug-likeness (QED) is 0.189. The van der Waals surface area contributed by atoms with Gasteiger partial charge in [0.15, 0.2) is 11.5 Å². The fourth-order valence-electron chi connectivity index (χ4n) is 5.14. The van der Waals surface area contributed by atoms with Crippen LogP contribution in [0.2, 0.25) is 0 Å². The standard InChI is InChI=1S/C37H42FN3O6S/c1-26-12-14-28(15-13-26)24-40(32(36(43)39-37(2,3)4)22-27-10-8-7-9-11-27)35(42)25-41(30-18-16-29(38)17-19-30)48(44,45)31-20-21-33(46-5)34(23-31)47-6/h7-21,23,32H,22,24-25H2,1-6H3,(H,39,43)/t32-/m1/s1. The molecular formula is C37H42FN3O6S. The smallest absolute Gasteiger partial charge is 0.264 e. The van der Waals surface area contributed by atoms with Gasteiger partial charge < -0.3 is 19.7 Å². The van der Waals surface area contributed by atoms with Crippen molar-refractivity contribution in [2.45, 2.75) is 57.1 Å². The second-order valence-corrected chi connectivity index (χ2v) is 14.3. The molecule has 0 saturated heterocycles. The van der Waals surface area contributed by atoms with Crippen molar-refractivity contribution in [3.63, 3.8) is 0 Å². The first-order chi connectivity index (χ1) is 22.7. The molecule has 0 aliphatic rings. The Morgan fingerprint density at radius 1 is 0.833 bits per heavy atom. The predicted octanol–water partition coefficient (Wildman–Crippen LogP) is 5.90. The summed E-state index contributed by atoms with van der Waals surface area (Å²) in [6.45, 7) is 6.85. The SMILES string of the molecule is COc1ccc(S(=O)(=O)N(CC(=O)N(Cc2ccc(C)cc2)[C@H](Cc2ccccc2)C(=O)NC(C)(C)C)c2ccc(F)cc2)cc1OC. The van der Waals surface area contributed by atoms with Crippen LogP contribution >= 0.6 is 0 Å². The lowest BCUT2D eigenvalue weighted by Gasteiger charge is -2.35. The number of benzene rings is 4. The number of amides is 2. The van der Waals surface area contributed by atoms with E-state index in [1.54, 1.807) is 0 Å². The highest BCUT2D eigenvalue weighted by molar-refractivity contribution is 7.92. The number of sulfonamides is 1. The van der Waals surface area contributed by atoms with Crippen molar-refractivity contribution < 1.29 is 31.9 Å². The van der Waals surface area contributed by atoms with Crippen LogP contribution in [0, 0.1) is 12.7 Å². The molecule has 0 fully saturated rings. The maximum Gasteiger partial charge on any atom is 0.264 e. The van der Waals surface area contributed by atoms with Crippen molar-refractivity contribution in [2.75, 3.05) is 25.1 Å². The molecule has 0 saturated carbocycles. The van der Waals surface area contributed by atoms with Gasteiger partial charge in [0.2, 0.25) is 11.8 Å². The Kier molecular flexibility index (Phi) is 11.5. The van der Waals surface area contributed by atoms with Gasteiger partial charge in [0, 0.05) is 24.6 Å². The number of ether oxygens (including phenoxy) is 2. The van der Waals surface area contributed by atoms with Crippen molar-refractivity contribution in [1.29, 1.82) is 0 Å². The molecule has 0 aliphatic heterocycles. The molecule has 1 N–H and O–H groups in total. The van der Waals surface area contributed by atoms with Gasteiger partial charge in [-0.2, -0.15) is 0 Å². The average molecular weight is 676 g/mol. The molecule has 0 heterocycles. The number of nitrogens with one attached hydrogen (secondary N) is 1. The number of nitrogens with zero attached hydrogens (tertiary/aromatic N) is 2. The minimum atomic E-state index is -4.44. The minimum absolute atomic E-state index is 0.0296. The molecule has 2 amide bonds. The Morgan fingerprint density at radius 2 is 1.46 bits per heavy atom. The number of aryl methyl sites for hydroxylation is 1. The normalized spacial score (nSPS) is 12.1. The highest BCUT2D eigenvalue weighted by Gasteiger charge is 2.36. The fraction of sp³-hybridized carbons (Fsp3) is 0.297. The van der Waals surface area contributed by atoms with Crippen LogP contribution in [0.4, 0.5) is 10.1 Å². The van der Waals surface area contributed by atoms with Crippen molar-refractivity contribution in [3.05, 3.63) is 120 Å². The highest BCUT2D eigenvalue weighted by atomic mass is 32.2. The van der Waals surface area contributed by atoms with Gasteiger partial charge in [-0.15, -0.1) is 0 Å². The van der Waals surface area contributed by atoms with Crippen molar-refractivity contribution in [2.24, 2.45) is 0 Å². The van der Waals surface area contributed by atoms with Crippen molar-refractivity contribution >= 4 is 27.5 Å². The lowest BCUT2D eigenvalue weighted by atomic mass is 10.0. The van der Waals surface area contributed by atoms with E-state index in [-0.39, 0.29) is 35.2 Å². The predicted molar refractivity (Wildman–Crippen MR) is 184 cm³/mol. The zero-order valence-electron chi connectivity index (χ0n) is 28.1. The number of hydrogen-bond donors (Lipinski definition) is 1. The number of hydrogen-bond acceptors (Lipinski definition) is 6. The molecule has 0 bridgehead atoms. The van der Waals surface area contributed by atoms with E-state index in [1.807, 2.05) is 82.3 Å². The van der Waals surface area contributed by atoms with Gasteiger partial charge in [-0.25, -0.2) is 12.8 Å². The molecule has 1 atom stereocenters. The zero-order valence-corrected chi connectivity index (χ0v) is 28.9. The summed E-state index contributed by atoms with van der Waals surface area (Å²) in [5.74, 6) is -1.10. The molecule has 9 nitrogen and oxygen atoms in total. The van der Waals surface area contributed by atoms with Crippen LogP contribution in [0.15, 0.2) is 102 Å². The van der Waals surface area contributed by atoms with E-state index in [9.17, 15) is 22.4 Å². The third-order valence-electron chi connectivity index (χ3n) is 7.58. The monoisotopic (exact) mass is 675 g/mol. The van der Waals surface area contributed by atoms with Gasteiger partial charge >= 0.3 is 0 Å². The van der Waals surface area contributed by atoms with E-state index in [0.29, 0.717) is 5.75 Å². The molecule has 4 rings (SSSR count). The summed E-state index contributed by atoms with van der Waals surface area (Å²) in [5, 5.41) is 3.01. The number of anilines is 1. The Balaban J connectivity index is 1.83. The van der Waals surface area contributed by atoms with E-state index >= 15 is 0 Å². The van der Waals surface area contributed by atoms with Crippen molar-refractivity contribution in [1.82, 2.24) is 10.2 Å². The van der Waals surface area contributed by atoms with Gasteiger partial charge in [0.1, 0.15) is 18.4 Å². The minimum Gasteiger partial charge on any atom is -0.493 e. The van der Waals surface area contributed by atoms with Crippen LogP contribution in [-0.4, -0.2) is 57.5 Å². The molecule has 254 valence electrons. The second kappa shape index (κ2) is 15.3. The summed E-state index contributed by atoms with van der Waals surface area (Å²) in [6.07, 6.45) is 0.180. The van der Waals surface area contributed by atoms with Crippen LogP contribution < -0.4 is 19.1 Å². The lowest BCUT2D eigenvalue weighted by Crippen LogP contribution is -2.56. The number of methoxy groups -OCH3 is 2. The number of carbonyl (C=O) groups is 2. The van der Waals surface area contributed by atoms with E-state index in [2.05, 4.69) is 5.32 Å². The Morgan fingerprint density at radius 3 is 2.04 bits per heavy atom. The van der Waals surface area contributed by atoms with Crippen LogP contribution in [0.1, 0.15) is 37.5 Å².